The Morgan fingerprint density at radius 2 is 1.77 bits per heavy atom. The van der Waals surface area contributed by atoms with Crippen molar-refractivity contribution in [3.63, 3.8) is 0 Å². The Bertz CT molecular complexity index is 697. The predicted molar refractivity (Wildman–Crippen MR) is 91.8 cm³/mol. The molecule has 0 aliphatic carbocycles. The van der Waals surface area contributed by atoms with E-state index in [1.165, 1.54) is 11.8 Å². The maximum atomic E-state index is 12.3. The zero-order valence-corrected chi connectivity index (χ0v) is 13.1. The summed E-state index contributed by atoms with van der Waals surface area (Å²) < 4.78 is 0. The van der Waals surface area contributed by atoms with Crippen LogP contribution in [0, 0.1) is 5.41 Å². The van der Waals surface area contributed by atoms with Crippen LogP contribution in [0.5, 0.6) is 0 Å². The number of nitrogens with two attached hydrogens (primary N) is 1. The molecule has 4 nitrogen and oxygen atoms in total. The summed E-state index contributed by atoms with van der Waals surface area (Å²) in [5.41, 5.74) is 9.30. The highest BCUT2D eigenvalue weighted by Crippen LogP contribution is 2.22. The number of nitrogen functional groups attached to an aromatic ring is 1. The second-order valence-electron chi connectivity index (χ2n) is 6.27. The standard InChI is InChI=1S/C18H21N3O/c1-18(2,3)14-6-4-12(5-7-14)17(22)21-15-8-9-16(20)13(10-15)11-19/h4-11,19H,20H2,1-3H3,(H,21,22). The number of carbonyl (C=O) groups is 1. The molecule has 0 spiro atoms. The molecule has 0 unspecified atom stereocenters. The molecule has 2 aromatic carbocycles. The Morgan fingerprint density at radius 3 is 2.32 bits per heavy atom. The number of hydrogen-bond acceptors (Lipinski definition) is 3. The summed E-state index contributed by atoms with van der Waals surface area (Å²) in [4.78, 5) is 12.3. The molecule has 0 heterocycles. The van der Waals surface area contributed by atoms with Crippen molar-refractivity contribution < 1.29 is 4.79 Å². The summed E-state index contributed by atoms with van der Waals surface area (Å²) in [6, 6.07) is 12.7. The lowest BCUT2D eigenvalue weighted by Crippen LogP contribution is -2.14. The van der Waals surface area contributed by atoms with E-state index in [4.69, 9.17) is 11.1 Å². The van der Waals surface area contributed by atoms with Gasteiger partial charge in [0.15, 0.2) is 0 Å². The summed E-state index contributed by atoms with van der Waals surface area (Å²) in [7, 11) is 0. The number of amides is 1. The molecule has 4 N–H and O–H groups in total. The van der Waals surface area contributed by atoms with Gasteiger partial charge in [0.2, 0.25) is 0 Å². The molecule has 2 rings (SSSR count). The molecular weight excluding hydrogens is 274 g/mol. The molecule has 2 aromatic rings. The van der Waals surface area contributed by atoms with Crippen molar-refractivity contribution >= 4 is 23.5 Å². The van der Waals surface area contributed by atoms with Crippen LogP contribution in [0.25, 0.3) is 0 Å². The Balaban J connectivity index is 2.17. The van der Waals surface area contributed by atoms with Crippen LogP contribution < -0.4 is 11.1 Å². The molecule has 0 atom stereocenters. The van der Waals surface area contributed by atoms with Gasteiger partial charge in [0.05, 0.1) is 0 Å². The number of hydrogen-bond donors (Lipinski definition) is 3. The minimum atomic E-state index is -0.179. The van der Waals surface area contributed by atoms with Crippen molar-refractivity contribution in [2.24, 2.45) is 0 Å². The lowest BCUT2D eigenvalue weighted by molar-refractivity contribution is 0.102. The molecule has 1 amide bonds. The second-order valence-corrected chi connectivity index (χ2v) is 6.27. The minimum absolute atomic E-state index is 0.0603. The molecule has 0 saturated heterocycles. The monoisotopic (exact) mass is 295 g/mol. The van der Waals surface area contributed by atoms with E-state index >= 15 is 0 Å². The maximum absolute atomic E-state index is 12.3. The van der Waals surface area contributed by atoms with Gasteiger partial charge in [-0.15, -0.1) is 0 Å². The van der Waals surface area contributed by atoms with Crippen LogP contribution in [0.3, 0.4) is 0 Å². The zero-order valence-electron chi connectivity index (χ0n) is 13.1. The number of benzene rings is 2. The Labute approximate surface area is 130 Å². The van der Waals surface area contributed by atoms with Gasteiger partial charge in [-0.25, -0.2) is 0 Å². The summed E-state index contributed by atoms with van der Waals surface area (Å²) >= 11 is 0. The first kappa shape index (κ1) is 15.8. The average Bonchev–Trinajstić information content (AvgIpc) is 2.48. The van der Waals surface area contributed by atoms with Gasteiger partial charge in [0.25, 0.3) is 5.91 Å². The number of rotatable bonds is 3. The maximum Gasteiger partial charge on any atom is 0.255 e. The third kappa shape index (κ3) is 3.52. The number of carbonyl (C=O) groups excluding carboxylic acids is 1. The van der Waals surface area contributed by atoms with Crippen molar-refractivity contribution in [1.29, 1.82) is 5.41 Å². The molecule has 0 fully saturated rings. The van der Waals surface area contributed by atoms with Gasteiger partial charge in [-0.2, -0.15) is 0 Å². The smallest absolute Gasteiger partial charge is 0.255 e. The fourth-order valence-electron chi connectivity index (χ4n) is 2.10. The number of anilines is 2. The predicted octanol–water partition coefficient (Wildman–Crippen LogP) is 3.82. The SMILES string of the molecule is CC(C)(C)c1ccc(C(=O)Nc2ccc(N)c(C=N)c2)cc1. The van der Waals surface area contributed by atoms with Crippen molar-refractivity contribution in [2.75, 3.05) is 11.1 Å². The third-order valence-corrected chi connectivity index (χ3v) is 3.51. The van der Waals surface area contributed by atoms with Gasteiger partial charge in [-0.05, 0) is 41.3 Å². The van der Waals surface area contributed by atoms with Crippen molar-refractivity contribution in [2.45, 2.75) is 26.2 Å². The summed E-state index contributed by atoms with van der Waals surface area (Å²) in [5.74, 6) is -0.179. The summed E-state index contributed by atoms with van der Waals surface area (Å²) in [6.07, 6.45) is 1.17. The Kier molecular flexibility index (Phi) is 4.31. The van der Waals surface area contributed by atoms with E-state index in [0.717, 1.165) is 0 Å². The van der Waals surface area contributed by atoms with Crippen LogP contribution in [0.1, 0.15) is 42.3 Å². The van der Waals surface area contributed by atoms with Crippen molar-refractivity contribution in [3.8, 4) is 0 Å². The number of nitrogens with one attached hydrogen (secondary N) is 2. The molecule has 0 aliphatic rings. The summed E-state index contributed by atoms with van der Waals surface area (Å²) in [5, 5.41) is 10.1. The van der Waals surface area contributed by atoms with E-state index in [0.29, 0.717) is 22.5 Å². The van der Waals surface area contributed by atoms with Crippen LogP contribution in [0.15, 0.2) is 42.5 Å². The van der Waals surface area contributed by atoms with Crippen LogP contribution in [0.4, 0.5) is 11.4 Å². The van der Waals surface area contributed by atoms with Gasteiger partial charge in [0, 0.05) is 28.7 Å². The summed E-state index contributed by atoms with van der Waals surface area (Å²) in [6.45, 7) is 6.40. The molecule has 4 heteroatoms. The zero-order chi connectivity index (χ0) is 16.3. The Hall–Kier alpha value is -2.62. The van der Waals surface area contributed by atoms with Gasteiger partial charge in [-0.3, -0.25) is 4.79 Å². The van der Waals surface area contributed by atoms with E-state index in [1.54, 1.807) is 18.2 Å². The van der Waals surface area contributed by atoms with E-state index in [1.807, 2.05) is 24.3 Å². The molecule has 0 bridgehead atoms. The first-order valence-electron chi connectivity index (χ1n) is 7.13. The molecule has 114 valence electrons. The highest BCUT2D eigenvalue weighted by atomic mass is 16.1. The highest BCUT2D eigenvalue weighted by molar-refractivity contribution is 6.04. The van der Waals surface area contributed by atoms with Gasteiger partial charge in [0.1, 0.15) is 0 Å². The Morgan fingerprint density at radius 1 is 1.14 bits per heavy atom. The van der Waals surface area contributed by atoms with E-state index < -0.39 is 0 Å². The molecular formula is C18H21N3O. The topological polar surface area (TPSA) is 79.0 Å². The minimum Gasteiger partial charge on any atom is -0.398 e. The first-order valence-corrected chi connectivity index (χ1v) is 7.13. The fourth-order valence-corrected chi connectivity index (χ4v) is 2.10. The van der Waals surface area contributed by atoms with E-state index in [9.17, 15) is 4.79 Å². The van der Waals surface area contributed by atoms with Crippen molar-refractivity contribution in [1.82, 2.24) is 0 Å². The lowest BCUT2D eigenvalue weighted by Gasteiger charge is -2.19. The van der Waals surface area contributed by atoms with Crippen molar-refractivity contribution in [3.05, 3.63) is 59.2 Å². The van der Waals surface area contributed by atoms with Crippen LogP contribution in [-0.4, -0.2) is 12.1 Å². The normalized spacial score (nSPS) is 11.0. The second kappa shape index (κ2) is 6.02. The average molecular weight is 295 g/mol. The molecule has 0 aliphatic heterocycles. The lowest BCUT2D eigenvalue weighted by atomic mass is 9.87. The third-order valence-electron chi connectivity index (χ3n) is 3.51. The van der Waals surface area contributed by atoms with Gasteiger partial charge >= 0.3 is 0 Å². The van der Waals surface area contributed by atoms with Gasteiger partial charge in [-0.1, -0.05) is 32.9 Å². The van der Waals surface area contributed by atoms with E-state index in [-0.39, 0.29) is 11.3 Å². The highest BCUT2D eigenvalue weighted by Gasteiger charge is 2.14. The molecule has 0 saturated carbocycles. The first-order chi connectivity index (χ1) is 10.3. The molecule has 0 aromatic heterocycles. The van der Waals surface area contributed by atoms with Crippen LogP contribution >= 0.6 is 0 Å². The quantitative estimate of drug-likeness (QED) is 0.594. The fraction of sp³-hybridized carbons (Fsp3) is 0.222. The molecule has 22 heavy (non-hydrogen) atoms. The van der Waals surface area contributed by atoms with Crippen LogP contribution in [-0.2, 0) is 5.41 Å². The molecule has 0 radical (unpaired) electrons. The van der Waals surface area contributed by atoms with Gasteiger partial charge < -0.3 is 16.5 Å². The van der Waals surface area contributed by atoms with E-state index in [2.05, 4.69) is 26.1 Å². The largest absolute Gasteiger partial charge is 0.398 e. The van der Waals surface area contributed by atoms with Crippen LogP contribution in [0.2, 0.25) is 0 Å².